The maximum Gasteiger partial charge on any atom is 0.272 e. The van der Waals surface area contributed by atoms with E-state index in [2.05, 4.69) is 15.7 Å². The molecule has 0 fully saturated rings. The molecule has 0 unspecified atom stereocenters. The Hall–Kier alpha value is -3.29. The van der Waals surface area contributed by atoms with E-state index >= 15 is 0 Å². The molecule has 2 heterocycles. The largest absolute Gasteiger partial charge is 0.497 e. The molecule has 0 atom stereocenters. The highest BCUT2D eigenvalue weighted by Crippen LogP contribution is 2.24. The summed E-state index contributed by atoms with van der Waals surface area (Å²) < 4.78 is 8.50. The number of ether oxygens (including phenoxy) is 1. The zero-order valence-electron chi connectivity index (χ0n) is 14.2. The summed E-state index contributed by atoms with van der Waals surface area (Å²) in [5, 5.41) is 10.3. The van der Waals surface area contributed by atoms with Crippen molar-refractivity contribution < 1.29 is 14.3 Å². The van der Waals surface area contributed by atoms with Crippen LogP contribution in [-0.2, 0) is 18.4 Å². The first kappa shape index (κ1) is 16.6. The lowest BCUT2D eigenvalue weighted by Gasteiger charge is -2.05. The molecule has 2 aromatic heterocycles. The molecule has 3 aromatic rings. The molecule has 0 spiro atoms. The van der Waals surface area contributed by atoms with Crippen LogP contribution < -0.4 is 15.4 Å². The SMILES string of the molecule is CNC(=O)Cn1cc(NC(=O)c2cc3cc(OC)ccc3n2C)cn1. The molecule has 3 rings (SSSR count). The number of nitrogens with zero attached hydrogens (tertiary/aromatic N) is 3. The number of anilines is 1. The summed E-state index contributed by atoms with van der Waals surface area (Å²) in [5.41, 5.74) is 1.97. The molecule has 130 valence electrons. The zero-order valence-corrected chi connectivity index (χ0v) is 14.2. The van der Waals surface area contributed by atoms with Gasteiger partial charge in [0.1, 0.15) is 18.0 Å². The van der Waals surface area contributed by atoms with Crippen molar-refractivity contribution in [2.75, 3.05) is 19.5 Å². The number of carbonyl (C=O) groups is 2. The Morgan fingerprint density at radius 2 is 2.08 bits per heavy atom. The van der Waals surface area contributed by atoms with Crippen molar-refractivity contribution in [3.63, 3.8) is 0 Å². The molecule has 1 aromatic carbocycles. The lowest BCUT2D eigenvalue weighted by atomic mass is 10.2. The highest BCUT2D eigenvalue weighted by molar-refractivity contribution is 6.06. The minimum Gasteiger partial charge on any atom is -0.497 e. The molecule has 2 N–H and O–H groups in total. The van der Waals surface area contributed by atoms with E-state index in [1.165, 1.54) is 10.9 Å². The van der Waals surface area contributed by atoms with Crippen LogP contribution in [0, 0.1) is 0 Å². The van der Waals surface area contributed by atoms with Crippen molar-refractivity contribution in [1.29, 1.82) is 0 Å². The quantitative estimate of drug-likeness (QED) is 0.734. The molecule has 8 nitrogen and oxygen atoms in total. The Kier molecular flexibility index (Phi) is 4.42. The lowest BCUT2D eigenvalue weighted by Crippen LogP contribution is -2.23. The minimum absolute atomic E-state index is 0.0974. The van der Waals surface area contributed by atoms with E-state index in [0.717, 1.165) is 16.7 Å². The van der Waals surface area contributed by atoms with Crippen molar-refractivity contribution >= 4 is 28.4 Å². The highest BCUT2D eigenvalue weighted by Gasteiger charge is 2.15. The topological polar surface area (TPSA) is 90.2 Å². The second-order valence-corrected chi connectivity index (χ2v) is 5.57. The Bertz CT molecular complexity index is 941. The smallest absolute Gasteiger partial charge is 0.272 e. The van der Waals surface area contributed by atoms with Crippen molar-refractivity contribution in [1.82, 2.24) is 19.7 Å². The second kappa shape index (κ2) is 6.68. The van der Waals surface area contributed by atoms with E-state index in [-0.39, 0.29) is 18.4 Å². The van der Waals surface area contributed by atoms with E-state index in [9.17, 15) is 9.59 Å². The molecular formula is C17H19N5O3. The van der Waals surface area contributed by atoms with Crippen molar-refractivity contribution in [3.05, 3.63) is 42.4 Å². The van der Waals surface area contributed by atoms with Crippen LogP contribution in [0.2, 0.25) is 0 Å². The number of aromatic nitrogens is 3. The predicted molar refractivity (Wildman–Crippen MR) is 93.7 cm³/mol. The van der Waals surface area contributed by atoms with Crippen molar-refractivity contribution in [2.24, 2.45) is 7.05 Å². The highest BCUT2D eigenvalue weighted by atomic mass is 16.5. The normalized spacial score (nSPS) is 10.7. The molecule has 0 saturated carbocycles. The number of nitrogens with one attached hydrogen (secondary N) is 2. The van der Waals surface area contributed by atoms with Crippen LogP contribution in [0.1, 0.15) is 10.5 Å². The minimum atomic E-state index is -0.253. The lowest BCUT2D eigenvalue weighted by molar-refractivity contribution is -0.121. The summed E-state index contributed by atoms with van der Waals surface area (Å²) >= 11 is 0. The Morgan fingerprint density at radius 1 is 1.28 bits per heavy atom. The van der Waals surface area contributed by atoms with E-state index in [1.807, 2.05) is 35.9 Å². The third-order valence-corrected chi connectivity index (χ3v) is 3.96. The first-order valence-corrected chi connectivity index (χ1v) is 7.69. The summed E-state index contributed by atoms with van der Waals surface area (Å²) in [6.07, 6.45) is 3.12. The van der Waals surface area contributed by atoms with Gasteiger partial charge in [-0.3, -0.25) is 14.3 Å². The molecule has 25 heavy (non-hydrogen) atoms. The van der Waals surface area contributed by atoms with Crippen LogP contribution >= 0.6 is 0 Å². The van der Waals surface area contributed by atoms with Gasteiger partial charge in [-0.1, -0.05) is 0 Å². The van der Waals surface area contributed by atoms with Gasteiger partial charge in [-0.05, 0) is 24.3 Å². The monoisotopic (exact) mass is 341 g/mol. The maximum atomic E-state index is 12.6. The first-order chi connectivity index (χ1) is 12.0. The molecule has 0 radical (unpaired) electrons. The fourth-order valence-electron chi connectivity index (χ4n) is 2.61. The number of carbonyl (C=O) groups excluding carboxylic acids is 2. The standard InChI is InChI=1S/C17H19N5O3/c1-18-16(23)10-22-9-12(8-19-22)20-17(24)15-7-11-6-13(25-3)4-5-14(11)21(15)2/h4-9H,10H2,1-3H3,(H,18,23)(H,20,24). The number of aryl methyl sites for hydroxylation is 1. The fraction of sp³-hybridized carbons (Fsp3) is 0.235. The number of hydrogen-bond acceptors (Lipinski definition) is 4. The van der Waals surface area contributed by atoms with Crippen LogP contribution in [-0.4, -0.2) is 40.3 Å². The van der Waals surface area contributed by atoms with E-state index in [0.29, 0.717) is 11.4 Å². The summed E-state index contributed by atoms with van der Waals surface area (Å²) in [4.78, 5) is 23.9. The van der Waals surface area contributed by atoms with Crippen LogP contribution in [0.4, 0.5) is 5.69 Å². The third kappa shape index (κ3) is 3.32. The molecule has 0 saturated heterocycles. The van der Waals surface area contributed by atoms with Gasteiger partial charge < -0.3 is 19.9 Å². The van der Waals surface area contributed by atoms with Crippen molar-refractivity contribution in [2.45, 2.75) is 6.54 Å². The summed E-state index contributed by atoms with van der Waals surface area (Å²) in [5.74, 6) is 0.321. The van der Waals surface area contributed by atoms with Crippen LogP contribution in [0.3, 0.4) is 0 Å². The molecule has 0 aliphatic rings. The Morgan fingerprint density at radius 3 is 2.80 bits per heavy atom. The summed E-state index contributed by atoms with van der Waals surface area (Å²) in [6.45, 7) is 0.0974. The molecular weight excluding hydrogens is 322 g/mol. The third-order valence-electron chi connectivity index (χ3n) is 3.96. The van der Waals surface area contributed by atoms with Gasteiger partial charge in [0.05, 0.1) is 19.0 Å². The van der Waals surface area contributed by atoms with E-state index in [4.69, 9.17) is 4.74 Å². The van der Waals surface area contributed by atoms with Gasteiger partial charge in [-0.2, -0.15) is 5.10 Å². The van der Waals surface area contributed by atoms with E-state index in [1.54, 1.807) is 20.4 Å². The van der Waals surface area contributed by atoms with Gasteiger partial charge in [0, 0.05) is 31.2 Å². The van der Waals surface area contributed by atoms with Gasteiger partial charge in [0.15, 0.2) is 0 Å². The average molecular weight is 341 g/mol. The zero-order chi connectivity index (χ0) is 18.0. The molecule has 0 aliphatic carbocycles. The Labute approximate surface area is 144 Å². The van der Waals surface area contributed by atoms with Crippen LogP contribution in [0.5, 0.6) is 5.75 Å². The summed E-state index contributed by atoms with van der Waals surface area (Å²) in [6, 6.07) is 7.45. The molecule has 8 heteroatoms. The molecule has 0 aliphatic heterocycles. The first-order valence-electron chi connectivity index (χ1n) is 7.69. The van der Waals surface area contributed by atoms with Crippen LogP contribution in [0.15, 0.2) is 36.7 Å². The second-order valence-electron chi connectivity index (χ2n) is 5.57. The van der Waals surface area contributed by atoms with Gasteiger partial charge in [0.25, 0.3) is 5.91 Å². The van der Waals surface area contributed by atoms with Gasteiger partial charge in [0.2, 0.25) is 5.91 Å². The number of benzene rings is 1. The molecule has 2 amide bonds. The Balaban J connectivity index is 1.80. The number of hydrogen-bond donors (Lipinski definition) is 2. The van der Waals surface area contributed by atoms with E-state index < -0.39 is 0 Å². The molecule has 0 bridgehead atoms. The van der Waals surface area contributed by atoms with Gasteiger partial charge >= 0.3 is 0 Å². The fourth-order valence-corrected chi connectivity index (χ4v) is 2.61. The van der Waals surface area contributed by atoms with Crippen molar-refractivity contribution in [3.8, 4) is 5.75 Å². The number of likely N-dealkylation sites (N-methyl/N-ethyl adjacent to an activating group) is 1. The number of rotatable bonds is 5. The number of amides is 2. The van der Waals surface area contributed by atoms with Gasteiger partial charge in [-0.25, -0.2) is 0 Å². The maximum absolute atomic E-state index is 12.6. The number of methoxy groups -OCH3 is 1. The van der Waals surface area contributed by atoms with Gasteiger partial charge in [-0.15, -0.1) is 0 Å². The average Bonchev–Trinajstić information content (AvgIpc) is 3.18. The predicted octanol–water partition coefficient (Wildman–Crippen LogP) is 1.38. The summed E-state index contributed by atoms with van der Waals surface area (Å²) in [7, 11) is 5.00. The van der Waals surface area contributed by atoms with Crippen LogP contribution in [0.25, 0.3) is 10.9 Å². The number of fused-ring (bicyclic) bond motifs is 1.